The largest absolute Gasteiger partial charge is 0.325 e. The highest BCUT2D eigenvalue weighted by Gasteiger charge is 2.33. The maximum Gasteiger partial charge on any atom is 0.241 e. The highest BCUT2D eigenvalue weighted by Crippen LogP contribution is 2.36. The molecule has 0 bridgehead atoms. The minimum atomic E-state index is -0.159. The van der Waals surface area contributed by atoms with Gasteiger partial charge < -0.3 is 5.32 Å². The average molecular weight is 335 g/mol. The van der Waals surface area contributed by atoms with Crippen LogP contribution in [0.5, 0.6) is 0 Å². The van der Waals surface area contributed by atoms with E-state index in [-0.39, 0.29) is 11.9 Å². The molecule has 1 aliphatic heterocycles. The van der Waals surface area contributed by atoms with Crippen LogP contribution in [0, 0.1) is 0 Å². The van der Waals surface area contributed by atoms with Crippen LogP contribution in [0.1, 0.15) is 30.7 Å². The molecule has 5 heteroatoms. The second kappa shape index (κ2) is 6.82. The van der Waals surface area contributed by atoms with Crippen LogP contribution in [0.4, 0.5) is 5.69 Å². The first-order valence-corrected chi connectivity index (χ1v) is 8.76. The lowest BCUT2D eigenvalue weighted by molar-refractivity contribution is -0.121. The Morgan fingerprint density at radius 1 is 1.41 bits per heavy atom. The van der Waals surface area contributed by atoms with Crippen molar-refractivity contribution in [2.75, 3.05) is 11.9 Å². The number of rotatable bonds is 4. The number of carbonyl (C=O) groups excluding carboxylic acids is 1. The van der Waals surface area contributed by atoms with Gasteiger partial charge in [0.1, 0.15) is 0 Å². The van der Waals surface area contributed by atoms with Crippen molar-refractivity contribution in [3.63, 3.8) is 0 Å². The zero-order valence-electron chi connectivity index (χ0n) is 12.5. The van der Waals surface area contributed by atoms with E-state index in [9.17, 15) is 4.79 Å². The number of amides is 1. The first-order valence-electron chi connectivity index (χ1n) is 7.51. The molecule has 1 aromatic carbocycles. The first kappa shape index (κ1) is 15.5. The van der Waals surface area contributed by atoms with Gasteiger partial charge in [-0.05, 0) is 56.0 Å². The van der Waals surface area contributed by atoms with Gasteiger partial charge in [-0.15, -0.1) is 11.3 Å². The van der Waals surface area contributed by atoms with Crippen molar-refractivity contribution in [3.05, 3.63) is 51.7 Å². The molecule has 2 heterocycles. The molecule has 1 amide bonds. The first-order chi connectivity index (χ1) is 10.6. The summed E-state index contributed by atoms with van der Waals surface area (Å²) in [5, 5.41) is 5.69. The summed E-state index contributed by atoms with van der Waals surface area (Å²) in [4.78, 5) is 16.2. The van der Waals surface area contributed by atoms with E-state index in [1.54, 1.807) is 23.5 Å². The normalized spacial score (nSPS) is 20.0. The average Bonchev–Trinajstić information content (AvgIpc) is 3.17. The fourth-order valence-corrected chi connectivity index (χ4v) is 4.07. The Labute approximate surface area is 139 Å². The molecule has 0 spiro atoms. The maximum atomic E-state index is 12.5. The van der Waals surface area contributed by atoms with Gasteiger partial charge in [0.2, 0.25) is 5.91 Å². The van der Waals surface area contributed by atoms with Gasteiger partial charge in [-0.1, -0.05) is 23.7 Å². The number of benzene rings is 1. The topological polar surface area (TPSA) is 32.3 Å². The molecule has 22 heavy (non-hydrogen) atoms. The molecule has 3 nitrogen and oxygen atoms in total. The quantitative estimate of drug-likeness (QED) is 0.888. The molecule has 3 rings (SSSR count). The van der Waals surface area contributed by atoms with Gasteiger partial charge in [-0.2, -0.15) is 0 Å². The standard InChI is InChI=1S/C17H19ClN2OS/c1-12(17(21)19-14-6-2-5-13(18)11-14)20-9-3-7-15(20)16-8-4-10-22-16/h2,4-6,8,10-12,15H,3,7,9H2,1H3,(H,19,21)/t12-,15+/m1/s1. The van der Waals surface area contributed by atoms with Gasteiger partial charge in [0, 0.05) is 21.6 Å². The lowest BCUT2D eigenvalue weighted by Gasteiger charge is -2.29. The van der Waals surface area contributed by atoms with Gasteiger partial charge in [-0.25, -0.2) is 0 Å². The van der Waals surface area contributed by atoms with Crippen molar-refractivity contribution in [1.29, 1.82) is 0 Å². The molecule has 1 fully saturated rings. The van der Waals surface area contributed by atoms with Crippen LogP contribution in [-0.2, 0) is 4.79 Å². The van der Waals surface area contributed by atoms with Crippen LogP contribution in [0.3, 0.4) is 0 Å². The van der Waals surface area contributed by atoms with Gasteiger partial charge >= 0.3 is 0 Å². The maximum absolute atomic E-state index is 12.5. The minimum absolute atomic E-state index is 0.0192. The van der Waals surface area contributed by atoms with Crippen molar-refractivity contribution >= 4 is 34.5 Å². The van der Waals surface area contributed by atoms with E-state index in [0.717, 1.165) is 25.1 Å². The predicted molar refractivity (Wildman–Crippen MR) is 92.5 cm³/mol. The smallest absolute Gasteiger partial charge is 0.241 e. The summed E-state index contributed by atoms with van der Waals surface area (Å²) in [5.74, 6) is 0.0192. The van der Waals surface area contributed by atoms with Crippen LogP contribution in [-0.4, -0.2) is 23.4 Å². The lowest BCUT2D eigenvalue weighted by atomic mass is 10.1. The molecule has 0 aliphatic carbocycles. The minimum Gasteiger partial charge on any atom is -0.325 e. The van der Waals surface area contributed by atoms with Gasteiger partial charge in [0.05, 0.1) is 6.04 Å². The molecule has 2 aromatic rings. The third-order valence-electron chi connectivity index (χ3n) is 4.13. The monoisotopic (exact) mass is 334 g/mol. The molecule has 1 aliphatic rings. The molecule has 116 valence electrons. The van der Waals surface area contributed by atoms with Crippen molar-refractivity contribution in [2.24, 2.45) is 0 Å². The number of hydrogen-bond donors (Lipinski definition) is 1. The fourth-order valence-electron chi connectivity index (χ4n) is 3.00. The van der Waals surface area contributed by atoms with Crippen molar-refractivity contribution in [1.82, 2.24) is 4.90 Å². The van der Waals surface area contributed by atoms with Crippen LogP contribution in [0.25, 0.3) is 0 Å². The third kappa shape index (κ3) is 3.35. The van der Waals surface area contributed by atoms with Crippen LogP contribution in [0.2, 0.25) is 5.02 Å². The van der Waals surface area contributed by atoms with E-state index in [4.69, 9.17) is 11.6 Å². The van der Waals surface area contributed by atoms with E-state index in [1.165, 1.54) is 4.88 Å². The summed E-state index contributed by atoms with van der Waals surface area (Å²) in [5.41, 5.74) is 0.747. The van der Waals surface area contributed by atoms with E-state index in [1.807, 2.05) is 19.1 Å². The highest BCUT2D eigenvalue weighted by molar-refractivity contribution is 7.10. The van der Waals surface area contributed by atoms with Gasteiger partial charge in [0.15, 0.2) is 0 Å². The van der Waals surface area contributed by atoms with E-state index in [0.29, 0.717) is 11.1 Å². The highest BCUT2D eigenvalue weighted by atomic mass is 35.5. The summed E-state index contributed by atoms with van der Waals surface area (Å²) in [6, 6.07) is 11.7. The van der Waals surface area contributed by atoms with Crippen molar-refractivity contribution in [3.8, 4) is 0 Å². The number of hydrogen-bond acceptors (Lipinski definition) is 3. The third-order valence-corrected chi connectivity index (χ3v) is 5.34. The Morgan fingerprint density at radius 3 is 3.00 bits per heavy atom. The summed E-state index contributed by atoms with van der Waals surface area (Å²) in [7, 11) is 0. The van der Waals surface area contributed by atoms with Crippen molar-refractivity contribution in [2.45, 2.75) is 31.8 Å². The summed E-state index contributed by atoms with van der Waals surface area (Å²) in [6.07, 6.45) is 2.26. The summed E-state index contributed by atoms with van der Waals surface area (Å²) >= 11 is 7.73. The molecular weight excluding hydrogens is 316 g/mol. The predicted octanol–water partition coefficient (Wildman–Crippen LogP) is 4.57. The van der Waals surface area contributed by atoms with Gasteiger partial charge in [-0.3, -0.25) is 9.69 Å². The molecule has 1 saturated heterocycles. The Kier molecular flexibility index (Phi) is 4.81. The number of nitrogens with zero attached hydrogens (tertiary/aromatic N) is 1. The fraction of sp³-hybridized carbons (Fsp3) is 0.353. The van der Waals surface area contributed by atoms with Gasteiger partial charge in [0.25, 0.3) is 0 Å². The zero-order valence-corrected chi connectivity index (χ0v) is 14.0. The summed E-state index contributed by atoms with van der Waals surface area (Å²) < 4.78 is 0. The number of carbonyl (C=O) groups is 1. The molecule has 0 radical (unpaired) electrons. The molecule has 1 aromatic heterocycles. The number of halogens is 1. The Morgan fingerprint density at radius 2 is 2.27 bits per heavy atom. The zero-order chi connectivity index (χ0) is 15.5. The van der Waals surface area contributed by atoms with Crippen LogP contribution < -0.4 is 5.32 Å². The van der Waals surface area contributed by atoms with E-state index < -0.39 is 0 Å². The molecule has 1 N–H and O–H groups in total. The van der Waals surface area contributed by atoms with E-state index >= 15 is 0 Å². The van der Waals surface area contributed by atoms with E-state index in [2.05, 4.69) is 27.7 Å². The number of thiophene rings is 1. The van der Waals surface area contributed by atoms with Crippen molar-refractivity contribution < 1.29 is 4.79 Å². The number of nitrogens with one attached hydrogen (secondary N) is 1. The molecular formula is C17H19ClN2OS. The Bertz CT molecular complexity index is 644. The molecule has 0 unspecified atom stereocenters. The van der Waals surface area contributed by atoms with Crippen LogP contribution >= 0.6 is 22.9 Å². The lowest BCUT2D eigenvalue weighted by Crippen LogP contribution is -2.41. The molecule has 2 atom stereocenters. The number of likely N-dealkylation sites (tertiary alicyclic amines) is 1. The summed E-state index contributed by atoms with van der Waals surface area (Å²) in [6.45, 7) is 2.94. The number of anilines is 1. The Hall–Kier alpha value is -1.36. The SMILES string of the molecule is C[C@H](C(=O)Nc1cccc(Cl)c1)N1CCC[C@H]1c1cccs1. The Balaban J connectivity index is 1.70. The molecule has 0 saturated carbocycles. The second-order valence-electron chi connectivity index (χ2n) is 5.59. The van der Waals surface area contributed by atoms with Crippen LogP contribution in [0.15, 0.2) is 41.8 Å². The second-order valence-corrected chi connectivity index (χ2v) is 7.00.